The molecule has 0 bridgehead atoms. The number of nitrogens with zero attached hydrogens (tertiary/aromatic N) is 4. The van der Waals surface area contributed by atoms with E-state index in [1.54, 1.807) is 30.1 Å². The monoisotopic (exact) mass is 428 g/mol. The van der Waals surface area contributed by atoms with Gasteiger partial charge in [0.25, 0.3) is 5.91 Å². The van der Waals surface area contributed by atoms with Crippen LogP contribution in [0.4, 0.5) is 5.82 Å². The molecule has 0 spiro atoms. The second-order valence-electron chi connectivity index (χ2n) is 6.71. The smallest absolute Gasteiger partial charge is 0.251 e. The number of hydrogen-bond donors (Lipinski definition) is 2. The van der Waals surface area contributed by atoms with Crippen molar-refractivity contribution in [1.82, 2.24) is 19.7 Å². The number of carbonyl (C=O) groups is 1. The molecule has 154 valence electrons. The van der Waals surface area contributed by atoms with Crippen molar-refractivity contribution in [1.29, 1.82) is 5.26 Å². The SMILES string of the molecule is N#Cc1cccnc1NCCNC(=O)c1ccc(SCc2cn3ccccc3n2)cc1. The Labute approximate surface area is 184 Å². The molecule has 3 aromatic heterocycles. The molecule has 0 saturated carbocycles. The topological polar surface area (TPSA) is 95.1 Å². The van der Waals surface area contributed by atoms with Crippen LogP contribution in [-0.4, -0.2) is 33.4 Å². The Morgan fingerprint density at radius 3 is 2.77 bits per heavy atom. The van der Waals surface area contributed by atoms with Gasteiger partial charge < -0.3 is 15.0 Å². The number of pyridine rings is 2. The maximum Gasteiger partial charge on any atom is 0.251 e. The Morgan fingerprint density at radius 1 is 1.10 bits per heavy atom. The molecule has 0 fully saturated rings. The first-order valence-electron chi connectivity index (χ1n) is 9.75. The van der Waals surface area contributed by atoms with Crippen LogP contribution in [0.5, 0.6) is 0 Å². The van der Waals surface area contributed by atoms with E-state index in [9.17, 15) is 4.79 Å². The van der Waals surface area contributed by atoms with E-state index in [4.69, 9.17) is 5.26 Å². The Morgan fingerprint density at radius 2 is 1.97 bits per heavy atom. The molecule has 4 aromatic rings. The number of amides is 1. The second kappa shape index (κ2) is 9.78. The van der Waals surface area contributed by atoms with Crippen LogP contribution in [0.1, 0.15) is 21.6 Å². The Hall–Kier alpha value is -3.83. The summed E-state index contributed by atoms with van der Waals surface area (Å²) in [7, 11) is 0. The maximum atomic E-state index is 12.3. The lowest BCUT2D eigenvalue weighted by Crippen LogP contribution is -2.29. The van der Waals surface area contributed by atoms with E-state index in [0.29, 0.717) is 30.0 Å². The van der Waals surface area contributed by atoms with E-state index in [1.165, 1.54) is 0 Å². The number of thioether (sulfide) groups is 1. The van der Waals surface area contributed by atoms with E-state index < -0.39 is 0 Å². The normalized spacial score (nSPS) is 10.5. The quantitative estimate of drug-likeness (QED) is 0.328. The minimum absolute atomic E-state index is 0.139. The molecule has 1 aromatic carbocycles. The summed E-state index contributed by atoms with van der Waals surface area (Å²) in [5, 5.41) is 15.0. The van der Waals surface area contributed by atoms with Gasteiger partial charge in [0, 0.05) is 47.9 Å². The van der Waals surface area contributed by atoms with Gasteiger partial charge >= 0.3 is 0 Å². The highest BCUT2D eigenvalue weighted by atomic mass is 32.2. The molecule has 0 saturated heterocycles. The third-order valence-corrected chi connectivity index (χ3v) is 5.59. The Balaban J connectivity index is 1.24. The van der Waals surface area contributed by atoms with Crippen molar-refractivity contribution in [2.75, 3.05) is 18.4 Å². The predicted octanol–water partition coefficient (Wildman–Crippen LogP) is 3.74. The molecular formula is C23H20N6OS. The van der Waals surface area contributed by atoms with Gasteiger partial charge in [0.15, 0.2) is 0 Å². The van der Waals surface area contributed by atoms with Crippen molar-refractivity contribution in [3.8, 4) is 6.07 Å². The zero-order chi connectivity index (χ0) is 21.5. The maximum absolute atomic E-state index is 12.3. The summed E-state index contributed by atoms with van der Waals surface area (Å²) >= 11 is 1.68. The number of nitriles is 1. The molecule has 1 amide bonds. The number of benzene rings is 1. The number of fused-ring (bicyclic) bond motifs is 1. The highest BCUT2D eigenvalue weighted by molar-refractivity contribution is 7.98. The van der Waals surface area contributed by atoms with Crippen LogP contribution in [0.25, 0.3) is 5.65 Å². The third kappa shape index (κ3) is 5.21. The van der Waals surface area contributed by atoms with E-state index in [-0.39, 0.29) is 5.91 Å². The minimum atomic E-state index is -0.139. The van der Waals surface area contributed by atoms with Crippen LogP contribution in [0.2, 0.25) is 0 Å². The van der Waals surface area contributed by atoms with Crippen LogP contribution < -0.4 is 10.6 Å². The van der Waals surface area contributed by atoms with Gasteiger partial charge in [-0.05, 0) is 48.5 Å². The van der Waals surface area contributed by atoms with Gasteiger partial charge in [0.05, 0.1) is 11.3 Å². The summed E-state index contributed by atoms with van der Waals surface area (Å²) in [6, 6.07) is 19.0. The van der Waals surface area contributed by atoms with Crippen molar-refractivity contribution in [3.05, 3.63) is 90.0 Å². The van der Waals surface area contributed by atoms with Gasteiger partial charge in [-0.25, -0.2) is 9.97 Å². The largest absolute Gasteiger partial charge is 0.367 e. The number of aromatic nitrogens is 3. The van der Waals surface area contributed by atoms with Gasteiger partial charge in [0.2, 0.25) is 0 Å². The number of carbonyl (C=O) groups excluding carboxylic acids is 1. The van der Waals surface area contributed by atoms with Gasteiger partial charge in [-0.3, -0.25) is 4.79 Å². The molecule has 31 heavy (non-hydrogen) atoms. The minimum Gasteiger partial charge on any atom is -0.367 e. The van der Waals surface area contributed by atoms with Crippen LogP contribution in [0.15, 0.2) is 78.1 Å². The molecule has 7 nitrogen and oxygen atoms in total. The van der Waals surface area contributed by atoms with E-state index >= 15 is 0 Å². The first-order chi connectivity index (χ1) is 15.2. The molecule has 3 heterocycles. The van der Waals surface area contributed by atoms with Crippen molar-refractivity contribution < 1.29 is 4.79 Å². The van der Waals surface area contributed by atoms with Crippen LogP contribution >= 0.6 is 11.8 Å². The highest BCUT2D eigenvalue weighted by Gasteiger charge is 2.07. The lowest BCUT2D eigenvalue weighted by Gasteiger charge is -2.08. The zero-order valence-electron chi connectivity index (χ0n) is 16.7. The molecule has 0 aliphatic carbocycles. The number of imidazole rings is 1. The number of anilines is 1. The molecule has 0 unspecified atom stereocenters. The fraction of sp³-hybridized carbons (Fsp3) is 0.130. The highest BCUT2D eigenvalue weighted by Crippen LogP contribution is 2.23. The van der Waals surface area contributed by atoms with Gasteiger partial charge in [-0.15, -0.1) is 11.8 Å². The number of nitrogens with one attached hydrogen (secondary N) is 2. The summed E-state index contributed by atoms with van der Waals surface area (Å²) in [5.74, 6) is 1.14. The Kier molecular flexibility index (Phi) is 6.45. The molecule has 8 heteroatoms. The summed E-state index contributed by atoms with van der Waals surface area (Å²) in [6.45, 7) is 0.898. The van der Waals surface area contributed by atoms with E-state index in [2.05, 4.69) is 26.7 Å². The molecule has 0 radical (unpaired) electrons. The van der Waals surface area contributed by atoms with Crippen molar-refractivity contribution in [2.24, 2.45) is 0 Å². The van der Waals surface area contributed by atoms with Crippen LogP contribution in [0.3, 0.4) is 0 Å². The average molecular weight is 429 g/mol. The molecule has 0 aliphatic rings. The number of hydrogen-bond acceptors (Lipinski definition) is 6. The third-order valence-electron chi connectivity index (χ3n) is 4.55. The molecule has 0 aliphatic heterocycles. The average Bonchev–Trinajstić information content (AvgIpc) is 3.24. The number of rotatable bonds is 8. The van der Waals surface area contributed by atoms with E-state index in [1.807, 2.05) is 59.3 Å². The van der Waals surface area contributed by atoms with Crippen molar-refractivity contribution in [3.63, 3.8) is 0 Å². The van der Waals surface area contributed by atoms with Gasteiger partial charge in [-0.2, -0.15) is 5.26 Å². The lowest BCUT2D eigenvalue weighted by atomic mass is 10.2. The van der Waals surface area contributed by atoms with E-state index in [0.717, 1.165) is 22.0 Å². The molecule has 4 rings (SSSR count). The summed E-state index contributed by atoms with van der Waals surface area (Å²) in [4.78, 5) is 22.2. The summed E-state index contributed by atoms with van der Waals surface area (Å²) in [6.07, 6.45) is 5.64. The fourth-order valence-corrected chi connectivity index (χ4v) is 3.79. The molecule has 2 N–H and O–H groups in total. The Bertz CT molecular complexity index is 1200. The summed E-state index contributed by atoms with van der Waals surface area (Å²) in [5.41, 5.74) is 3.03. The zero-order valence-corrected chi connectivity index (χ0v) is 17.5. The standard InChI is InChI=1S/C23H20N6OS/c24-14-18-4-3-10-25-22(18)26-11-12-27-23(30)17-6-8-20(9-7-17)31-16-19-15-29-13-2-1-5-21(29)28-19/h1-10,13,15H,11-12,16H2,(H,25,26)(H,27,30). The van der Waals surface area contributed by atoms with Crippen LogP contribution in [-0.2, 0) is 5.75 Å². The van der Waals surface area contributed by atoms with Gasteiger partial charge in [0.1, 0.15) is 17.5 Å². The van der Waals surface area contributed by atoms with Crippen molar-refractivity contribution >= 4 is 29.1 Å². The first kappa shape index (κ1) is 20.4. The summed E-state index contributed by atoms with van der Waals surface area (Å²) < 4.78 is 2.01. The van der Waals surface area contributed by atoms with Crippen molar-refractivity contribution in [2.45, 2.75) is 10.6 Å². The lowest BCUT2D eigenvalue weighted by molar-refractivity contribution is 0.0955. The molecule has 0 atom stereocenters. The van der Waals surface area contributed by atoms with Gasteiger partial charge in [-0.1, -0.05) is 6.07 Å². The first-order valence-corrected chi connectivity index (χ1v) is 10.7. The molecular weight excluding hydrogens is 408 g/mol. The fourth-order valence-electron chi connectivity index (χ4n) is 3.01. The predicted molar refractivity (Wildman–Crippen MR) is 121 cm³/mol. The van der Waals surface area contributed by atoms with Crippen LogP contribution in [0, 0.1) is 11.3 Å². The second-order valence-corrected chi connectivity index (χ2v) is 7.75.